The predicted molar refractivity (Wildman–Crippen MR) is 90.6 cm³/mol. The Bertz CT molecular complexity index is 676. The van der Waals surface area contributed by atoms with Gasteiger partial charge < -0.3 is 20.1 Å². The van der Waals surface area contributed by atoms with E-state index in [-0.39, 0.29) is 11.9 Å². The summed E-state index contributed by atoms with van der Waals surface area (Å²) in [5.74, 6) is -0.0112. The van der Waals surface area contributed by atoms with Gasteiger partial charge in [-0.15, -0.1) is 0 Å². The number of amides is 1. The highest BCUT2D eigenvalue weighted by Crippen LogP contribution is 2.21. The average Bonchev–Trinajstić information content (AvgIpc) is 2.90. The molecule has 3 rings (SSSR count). The van der Waals surface area contributed by atoms with Gasteiger partial charge in [-0.05, 0) is 44.6 Å². The van der Waals surface area contributed by atoms with E-state index in [4.69, 9.17) is 0 Å². The quantitative estimate of drug-likeness (QED) is 0.912. The molecule has 1 aliphatic heterocycles. The van der Waals surface area contributed by atoms with E-state index in [9.17, 15) is 4.79 Å². The van der Waals surface area contributed by atoms with Crippen LogP contribution in [0.4, 0.5) is 5.69 Å². The summed E-state index contributed by atoms with van der Waals surface area (Å²) in [6.07, 6.45) is 2.20. The maximum atomic E-state index is 12.4. The largest absolute Gasteiger partial charge is 0.378 e. The number of fused-ring (bicyclic) bond motifs is 1. The van der Waals surface area contributed by atoms with Crippen LogP contribution in [0.5, 0.6) is 0 Å². The summed E-state index contributed by atoms with van der Waals surface area (Å²) >= 11 is 0. The number of likely N-dealkylation sites (tertiary alicyclic amines) is 1. The number of carbonyl (C=O) groups is 1. The summed E-state index contributed by atoms with van der Waals surface area (Å²) in [4.78, 5) is 20.0. The molecule has 5 heteroatoms. The molecule has 1 saturated heterocycles. The number of nitrogens with one attached hydrogen (secondary N) is 2. The molecule has 1 aromatic heterocycles. The van der Waals surface area contributed by atoms with E-state index < -0.39 is 0 Å². The molecule has 0 unspecified atom stereocenters. The Kier molecular flexibility index (Phi) is 4.07. The van der Waals surface area contributed by atoms with Gasteiger partial charge in [-0.2, -0.15) is 0 Å². The normalized spacial score (nSPS) is 19.3. The van der Waals surface area contributed by atoms with Crippen LogP contribution in [0.1, 0.15) is 23.3 Å². The third-order valence-electron chi connectivity index (χ3n) is 4.33. The minimum atomic E-state index is -0.0112. The number of nitrogens with zero attached hydrogens (tertiary/aromatic N) is 2. The molecule has 0 saturated carbocycles. The molecule has 0 radical (unpaired) electrons. The number of carbonyl (C=O) groups excluding carboxylic acids is 1. The van der Waals surface area contributed by atoms with Crippen molar-refractivity contribution in [2.45, 2.75) is 18.9 Å². The lowest BCUT2D eigenvalue weighted by Gasteiger charge is -2.30. The first-order chi connectivity index (χ1) is 10.5. The fraction of sp³-hybridized carbons (Fsp3) is 0.471. The number of H-pyrrole nitrogens is 1. The van der Waals surface area contributed by atoms with Crippen molar-refractivity contribution < 1.29 is 4.79 Å². The van der Waals surface area contributed by atoms with Gasteiger partial charge in [0.15, 0.2) is 0 Å². The molecule has 0 aliphatic carbocycles. The van der Waals surface area contributed by atoms with Gasteiger partial charge in [0.05, 0.1) is 0 Å². The second-order valence-corrected chi connectivity index (χ2v) is 6.42. The van der Waals surface area contributed by atoms with Crippen molar-refractivity contribution in [3.63, 3.8) is 0 Å². The minimum Gasteiger partial charge on any atom is -0.378 e. The Hall–Kier alpha value is -2.01. The highest BCUT2D eigenvalue weighted by atomic mass is 16.1. The number of rotatable bonds is 3. The number of anilines is 1. The van der Waals surface area contributed by atoms with E-state index in [1.165, 1.54) is 0 Å². The monoisotopic (exact) mass is 300 g/mol. The number of piperidine rings is 1. The maximum absolute atomic E-state index is 12.4. The second-order valence-electron chi connectivity index (χ2n) is 6.42. The molecule has 2 N–H and O–H groups in total. The first-order valence-corrected chi connectivity index (χ1v) is 7.82. The summed E-state index contributed by atoms with van der Waals surface area (Å²) in [6.45, 7) is 2.04. The van der Waals surface area contributed by atoms with Gasteiger partial charge in [0, 0.05) is 43.3 Å². The number of likely N-dealkylation sites (N-methyl/N-ethyl adjacent to an activating group) is 1. The lowest BCUT2D eigenvalue weighted by Crippen LogP contribution is -2.46. The van der Waals surface area contributed by atoms with Gasteiger partial charge in [0.1, 0.15) is 5.69 Å². The summed E-state index contributed by atoms with van der Waals surface area (Å²) in [5.41, 5.74) is 2.76. The van der Waals surface area contributed by atoms with Gasteiger partial charge in [-0.25, -0.2) is 0 Å². The van der Waals surface area contributed by atoms with Crippen LogP contribution in [0, 0.1) is 0 Å². The number of benzene rings is 1. The zero-order valence-corrected chi connectivity index (χ0v) is 13.5. The van der Waals surface area contributed by atoms with E-state index in [1.54, 1.807) is 0 Å². The Morgan fingerprint density at radius 3 is 2.91 bits per heavy atom. The molecule has 0 bridgehead atoms. The lowest BCUT2D eigenvalue weighted by molar-refractivity contribution is 0.0908. The van der Waals surface area contributed by atoms with Crippen LogP contribution in [0.3, 0.4) is 0 Å². The summed E-state index contributed by atoms with van der Waals surface area (Å²) in [5, 5.41) is 4.21. The molecule has 2 heterocycles. The zero-order chi connectivity index (χ0) is 15.7. The lowest BCUT2D eigenvalue weighted by atomic mass is 10.1. The Labute approximate surface area is 131 Å². The second kappa shape index (κ2) is 6.01. The Morgan fingerprint density at radius 2 is 2.18 bits per heavy atom. The van der Waals surface area contributed by atoms with Crippen LogP contribution < -0.4 is 10.2 Å². The molecule has 1 aliphatic rings. The van der Waals surface area contributed by atoms with Crippen LogP contribution >= 0.6 is 0 Å². The minimum absolute atomic E-state index is 0.0112. The van der Waals surface area contributed by atoms with Gasteiger partial charge >= 0.3 is 0 Å². The average molecular weight is 300 g/mol. The predicted octanol–water partition coefficient (Wildman–Crippen LogP) is 2.06. The van der Waals surface area contributed by atoms with Gasteiger partial charge in [-0.1, -0.05) is 6.07 Å². The van der Waals surface area contributed by atoms with Crippen LogP contribution in [-0.2, 0) is 0 Å². The SMILES string of the molecule is CN1CCC[C@@H](NC(=O)c2cc3ccc(N(C)C)cc3[nH]2)C1. The highest BCUT2D eigenvalue weighted by molar-refractivity contribution is 5.98. The molecule has 0 spiro atoms. The van der Waals surface area contributed by atoms with E-state index in [0.717, 1.165) is 42.5 Å². The molecular formula is C17H24N4O. The third kappa shape index (κ3) is 3.09. The highest BCUT2D eigenvalue weighted by Gasteiger charge is 2.20. The van der Waals surface area contributed by atoms with Gasteiger partial charge in [0.2, 0.25) is 0 Å². The topological polar surface area (TPSA) is 51.4 Å². The van der Waals surface area contributed by atoms with Crippen LogP contribution in [0.25, 0.3) is 10.9 Å². The summed E-state index contributed by atoms with van der Waals surface area (Å²) in [6, 6.07) is 8.35. The zero-order valence-electron chi connectivity index (χ0n) is 13.5. The molecule has 22 heavy (non-hydrogen) atoms. The first-order valence-electron chi connectivity index (χ1n) is 7.82. The van der Waals surface area contributed by atoms with Crippen molar-refractivity contribution in [3.05, 3.63) is 30.0 Å². The van der Waals surface area contributed by atoms with Crippen molar-refractivity contribution in [1.82, 2.24) is 15.2 Å². The Morgan fingerprint density at radius 1 is 1.36 bits per heavy atom. The van der Waals surface area contributed by atoms with Gasteiger partial charge in [0.25, 0.3) is 5.91 Å². The summed E-state index contributed by atoms with van der Waals surface area (Å²) < 4.78 is 0. The third-order valence-corrected chi connectivity index (χ3v) is 4.33. The molecule has 1 atom stereocenters. The molecule has 5 nitrogen and oxygen atoms in total. The van der Waals surface area contributed by atoms with E-state index >= 15 is 0 Å². The maximum Gasteiger partial charge on any atom is 0.267 e. The standard InChI is InChI=1S/C17H24N4O/c1-20(2)14-7-6-12-9-16(19-15(12)10-14)17(22)18-13-5-4-8-21(3)11-13/h6-7,9-10,13,19H,4-5,8,11H2,1-3H3,(H,18,22)/t13-/m1/s1. The first kappa shape index (κ1) is 14.9. The fourth-order valence-electron chi connectivity index (χ4n) is 3.06. The van der Waals surface area contributed by atoms with Crippen molar-refractivity contribution in [2.75, 3.05) is 39.1 Å². The van der Waals surface area contributed by atoms with Crippen LogP contribution in [-0.4, -0.2) is 56.1 Å². The number of aromatic amines is 1. The van der Waals surface area contributed by atoms with Gasteiger partial charge in [-0.3, -0.25) is 4.79 Å². The molecule has 1 fully saturated rings. The van der Waals surface area contributed by atoms with Crippen molar-refractivity contribution in [1.29, 1.82) is 0 Å². The van der Waals surface area contributed by atoms with Crippen molar-refractivity contribution in [2.24, 2.45) is 0 Å². The molecule has 2 aromatic rings. The fourth-order valence-corrected chi connectivity index (χ4v) is 3.06. The molecule has 1 amide bonds. The number of hydrogen-bond donors (Lipinski definition) is 2. The van der Waals surface area contributed by atoms with Crippen LogP contribution in [0.2, 0.25) is 0 Å². The number of hydrogen-bond acceptors (Lipinski definition) is 3. The van der Waals surface area contributed by atoms with Crippen LogP contribution in [0.15, 0.2) is 24.3 Å². The van der Waals surface area contributed by atoms with E-state index in [1.807, 2.05) is 26.2 Å². The molecule has 1 aromatic carbocycles. The molecule has 118 valence electrons. The van der Waals surface area contributed by atoms with Crippen molar-refractivity contribution in [3.8, 4) is 0 Å². The summed E-state index contributed by atoms with van der Waals surface area (Å²) in [7, 11) is 6.12. The van der Waals surface area contributed by atoms with E-state index in [2.05, 4.69) is 39.3 Å². The van der Waals surface area contributed by atoms with Crippen molar-refractivity contribution >= 4 is 22.5 Å². The molecular weight excluding hydrogens is 276 g/mol. The van der Waals surface area contributed by atoms with E-state index in [0.29, 0.717) is 5.69 Å². The number of aromatic nitrogens is 1. The smallest absolute Gasteiger partial charge is 0.267 e. The Balaban J connectivity index is 1.76.